The van der Waals surface area contributed by atoms with Crippen LogP contribution in [-0.4, -0.2) is 46.7 Å². The van der Waals surface area contributed by atoms with Gasteiger partial charge in [-0.3, -0.25) is 19.3 Å². The van der Waals surface area contributed by atoms with Crippen molar-refractivity contribution < 1.29 is 19.1 Å². The molecule has 0 unspecified atom stereocenters. The van der Waals surface area contributed by atoms with Crippen molar-refractivity contribution >= 4 is 57.3 Å². The topological polar surface area (TPSA) is 66.9 Å². The van der Waals surface area contributed by atoms with E-state index in [4.69, 9.17) is 17.0 Å². The average Bonchev–Trinajstić information content (AvgIpc) is 3.12. The van der Waals surface area contributed by atoms with Crippen LogP contribution >= 0.6 is 24.0 Å². The number of carbonyl (C=O) groups excluding carboxylic acids is 3. The monoisotopic (exact) mass is 418 g/mol. The molecule has 148 valence electrons. The maximum Gasteiger partial charge on any atom is 0.307 e. The van der Waals surface area contributed by atoms with E-state index in [9.17, 15) is 14.4 Å². The van der Waals surface area contributed by atoms with Crippen molar-refractivity contribution in [1.29, 1.82) is 0 Å². The highest BCUT2D eigenvalue weighted by molar-refractivity contribution is 8.26. The van der Waals surface area contributed by atoms with Crippen LogP contribution in [0, 0.1) is 0 Å². The highest BCUT2D eigenvalue weighted by atomic mass is 32.2. The first-order valence-electron chi connectivity index (χ1n) is 9.34. The number of esters is 1. The number of benzene rings is 1. The van der Waals surface area contributed by atoms with E-state index in [0.717, 1.165) is 35.9 Å². The predicted octanol–water partition coefficient (Wildman–Crippen LogP) is 3.36. The SMILES string of the molecule is CCCOC(=O)CCN1C(=O)/C(=C2/C(=O)N(CCC)c3ccccc32)SC1=S. The molecule has 2 aliphatic rings. The number of thioether (sulfide) groups is 1. The van der Waals surface area contributed by atoms with Gasteiger partial charge >= 0.3 is 5.97 Å². The van der Waals surface area contributed by atoms with Gasteiger partial charge in [-0.25, -0.2) is 0 Å². The second-order valence-corrected chi connectivity index (χ2v) is 8.12. The Bertz CT molecular complexity index is 866. The number of carbonyl (C=O) groups is 3. The van der Waals surface area contributed by atoms with Gasteiger partial charge in [0.1, 0.15) is 4.32 Å². The molecule has 0 atom stereocenters. The molecule has 0 aliphatic carbocycles. The predicted molar refractivity (Wildman–Crippen MR) is 114 cm³/mol. The Balaban J connectivity index is 1.86. The van der Waals surface area contributed by atoms with Gasteiger partial charge in [-0.05, 0) is 18.9 Å². The molecule has 2 heterocycles. The normalized spacial score (nSPS) is 18.9. The Morgan fingerprint density at radius 3 is 2.54 bits per heavy atom. The molecule has 2 amide bonds. The van der Waals surface area contributed by atoms with E-state index in [0.29, 0.717) is 28.0 Å². The Morgan fingerprint density at radius 2 is 1.82 bits per heavy atom. The summed E-state index contributed by atoms with van der Waals surface area (Å²) in [5.74, 6) is -0.860. The van der Waals surface area contributed by atoms with Crippen molar-refractivity contribution in [3.63, 3.8) is 0 Å². The van der Waals surface area contributed by atoms with Crippen LogP contribution in [0.3, 0.4) is 0 Å². The number of hydrogen-bond donors (Lipinski definition) is 0. The summed E-state index contributed by atoms with van der Waals surface area (Å²) in [5.41, 5.74) is 1.97. The molecule has 0 radical (unpaired) electrons. The third kappa shape index (κ3) is 3.84. The highest BCUT2D eigenvalue weighted by Crippen LogP contribution is 2.44. The van der Waals surface area contributed by atoms with Gasteiger partial charge in [-0.2, -0.15) is 0 Å². The summed E-state index contributed by atoms with van der Waals surface area (Å²) in [4.78, 5) is 41.2. The fourth-order valence-corrected chi connectivity index (χ4v) is 4.56. The van der Waals surface area contributed by atoms with Crippen LogP contribution in [-0.2, 0) is 19.1 Å². The van der Waals surface area contributed by atoms with Gasteiger partial charge in [-0.1, -0.05) is 56.0 Å². The molecule has 0 bridgehead atoms. The van der Waals surface area contributed by atoms with Gasteiger partial charge in [0.05, 0.1) is 29.2 Å². The highest BCUT2D eigenvalue weighted by Gasteiger charge is 2.41. The van der Waals surface area contributed by atoms with Crippen LogP contribution in [0.2, 0.25) is 0 Å². The van der Waals surface area contributed by atoms with Crippen LogP contribution in [0.4, 0.5) is 5.69 Å². The van der Waals surface area contributed by atoms with Crippen LogP contribution < -0.4 is 4.90 Å². The summed E-state index contributed by atoms with van der Waals surface area (Å²) in [6.07, 6.45) is 1.63. The van der Waals surface area contributed by atoms with Crippen molar-refractivity contribution in [3.05, 3.63) is 34.7 Å². The molecule has 0 spiro atoms. The third-order valence-electron chi connectivity index (χ3n) is 4.45. The second-order valence-electron chi connectivity index (χ2n) is 6.47. The van der Waals surface area contributed by atoms with Crippen LogP contribution in [0.25, 0.3) is 5.57 Å². The molecule has 1 fully saturated rings. The molecule has 1 saturated heterocycles. The fraction of sp³-hybridized carbons (Fsp3) is 0.400. The zero-order valence-corrected chi connectivity index (χ0v) is 17.5. The van der Waals surface area contributed by atoms with Crippen molar-refractivity contribution in [3.8, 4) is 0 Å². The van der Waals surface area contributed by atoms with Crippen LogP contribution in [0.1, 0.15) is 38.7 Å². The Kier molecular flexibility index (Phi) is 6.51. The minimum Gasteiger partial charge on any atom is -0.466 e. The molecule has 1 aromatic rings. The van der Waals surface area contributed by atoms with Gasteiger partial charge in [0.25, 0.3) is 11.8 Å². The third-order valence-corrected chi connectivity index (χ3v) is 5.90. The standard InChI is InChI=1S/C20H22N2O4S2/c1-3-10-21-14-8-6-5-7-13(14)16(18(21)24)17-19(25)22(20(27)28-17)11-9-15(23)26-12-4-2/h5-8H,3-4,9-12H2,1-2H3/b17-16-. The Labute approximate surface area is 173 Å². The first-order valence-corrected chi connectivity index (χ1v) is 10.6. The zero-order chi connectivity index (χ0) is 20.3. The van der Waals surface area contributed by atoms with Crippen molar-refractivity contribution in [2.24, 2.45) is 0 Å². The fourth-order valence-electron chi connectivity index (χ4n) is 3.18. The van der Waals surface area contributed by atoms with Crippen molar-refractivity contribution in [2.75, 3.05) is 24.6 Å². The lowest BCUT2D eigenvalue weighted by atomic mass is 10.1. The molecule has 1 aromatic carbocycles. The van der Waals surface area contributed by atoms with Gasteiger partial charge < -0.3 is 9.64 Å². The number of ether oxygens (including phenoxy) is 1. The lowest BCUT2D eigenvalue weighted by Gasteiger charge is -2.15. The second kappa shape index (κ2) is 8.87. The molecule has 0 N–H and O–H groups in total. The molecule has 0 aromatic heterocycles. The first kappa shape index (κ1) is 20.5. The summed E-state index contributed by atoms with van der Waals surface area (Å²) >= 11 is 6.47. The molecular weight excluding hydrogens is 396 g/mol. The van der Waals surface area contributed by atoms with E-state index >= 15 is 0 Å². The van der Waals surface area contributed by atoms with Gasteiger partial charge in [0.15, 0.2) is 0 Å². The van der Waals surface area contributed by atoms with Gasteiger partial charge in [0.2, 0.25) is 0 Å². The number of fused-ring (bicyclic) bond motifs is 1. The molecule has 6 nitrogen and oxygen atoms in total. The first-order chi connectivity index (χ1) is 13.5. The Hall–Kier alpha value is -2.19. The summed E-state index contributed by atoms with van der Waals surface area (Å²) in [6, 6.07) is 7.48. The average molecular weight is 419 g/mol. The van der Waals surface area contributed by atoms with E-state index in [1.54, 1.807) is 4.90 Å². The van der Waals surface area contributed by atoms with Crippen LogP contribution in [0.5, 0.6) is 0 Å². The molecule has 3 rings (SSSR count). The number of nitrogens with zero attached hydrogens (tertiary/aromatic N) is 2. The zero-order valence-electron chi connectivity index (χ0n) is 15.9. The minimum absolute atomic E-state index is 0.0710. The maximum atomic E-state index is 13.0. The number of thiocarbonyl (C=S) groups is 1. The summed E-state index contributed by atoms with van der Waals surface area (Å²) in [7, 11) is 0. The van der Waals surface area contributed by atoms with E-state index in [2.05, 4.69) is 0 Å². The largest absolute Gasteiger partial charge is 0.466 e. The quantitative estimate of drug-likeness (QED) is 0.384. The lowest BCUT2D eigenvalue weighted by molar-refractivity contribution is -0.144. The molecular formula is C20H22N2O4S2. The van der Waals surface area contributed by atoms with Gasteiger partial charge in [0, 0.05) is 18.7 Å². The molecule has 0 saturated carbocycles. The van der Waals surface area contributed by atoms with Crippen molar-refractivity contribution in [1.82, 2.24) is 4.90 Å². The number of hydrogen-bond acceptors (Lipinski definition) is 6. The molecule has 28 heavy (non-hydrogen) atoms. The summed E-state index contributed by atoms with van der Waals surface area (Å²) in [5, 5.41) is 0. The minimum atomic E-state index is -0.361. The van der Waals surface area contributed by atoms with E-state index in [-0.39, 0.29) is 30.7 Å². The number of para-hydroxylation sites is 1. The molecule has 2 aliphatic heterocycles. The maximum absolute atomic E-state index is 13.0. The van der Waals surface area contributed by atoms with E-state index in [1.807, 2.05) is 38.1 Å². The number of rotatable bonds is 7. The summed E-state index contributed by atoms with van der Waals surface area (Å²) < 4.78 is 5.41. The Morgan fingerprint density at radius 1 is 1.07 bits per heavy atom. The lowest BCUT2D eigenvalue weighted by Crippen LogP contribution is -2.31. The van der Waals surface area contributed by atoms with Gasteiger partial charge in [-0.15, -0.1) is 0 Å². The molecule has 8 heteroatoms. The van der Waals surface area contributed by atoms with Crippen LogP contribution in [0.15, 0.2) is 29.2 Å². The smallest absolute Gasteiger partial charge is 0.307 e. The number of anilines is 1. The van der Waals surface area contributed by atoms with E-state index < -0.39 is 0 Å². The van der Waals surface area contributed by atoms with Crippen molar-refractivity contribution in [2.45, 2.75) is 33.1 Å². The summed E-state index contributed by atoms with van der Waals surface area (Å²) in [6.45, 7) is 5.02. The van der Waals surface area contributed by atoms with E-state index in [1.165, 1.54) is 4.90 Å². The number of amides is 2.